The van der Waals surface area contributed by atoms with Crippen LogP contribution in [-0.4, -0.2) is 88.5 Å². The van der Waals surface area contributed by atoms with E-state index in [1.807, 2.05) is 13.0 Å². The summed E-state index contributed by atoms with van der Waals surface area (Å²) in [5, 5.41) is 3.31. The number of hydrogen-bond acceptors (Lipinski definition) is 5. The molecule has 0 saturated carbocycles. The van der Waals surface area contributed by atoms with Gasteiger partial charge < -0.3 is 15.0 Å². The van der Waals surface area contributed by atoms with Crippen molar-refractivity contribution in [2.75, 3.05) is 58.2 Å². The van der Waals surface area contributed by atoms with Gasteiger partial charge in [-0.2, -0.15) is 0 Å². The number of likely N-dealkylation sites (tertiary alicyclic amines) is 1. The normalized spacial score (nSPS) is 22.2. The molecule has 150 valence electrons. The van der Waals surface area contributed by atoms with Crippen molar-refractivity contribution >= 4 is 15.8 Å². The van der Waals surface area contributed by atoms with Gasteiger partial charge in [0, 0.05) is 38.8 Å². The molecule has 27 heavy (non-hydrogen) atoms. The third-order valence-electron chi connectivity index (χ3n) is 5.08. The summed E-state index contributed by atoms with van der Waals surface area (Å²) in [6.45, 7) is 8.52. The molecule has 1 aromatic rings. The van der Waals surface area contributed by atoms with E-state index in [0.29, 0.717) is 10.9 Å². The molecular formula is C19H30N4O3S. The molecule has 2 heterocycles. The molecule has 1 N–H and O–H groups in total. The molecule has 0 spiro atoms. The Labute approximate surface area is 162 Å². The molecule has 1 atom stereocenters. The van der Waals surface area contributed by atoms with Crippen LogP contribution in [0.2, 0.25) is 0 Å². The van der Waals surface area contributed by atoms with E-state index >= 15 is 0 Å². The zero-order chi connectivity index (χ0) is 19.1. The monoisotopic (exact) mass is 394 g/mol. The number of nitrogens with zero attached hydrogens (tertiary/aromatic N) is 3. The summed E-state index contributed by atoms with van der Waals surface area (Å²) in [5.74, 6) is 0.837. The number of aliphatic imine (C=N–C) groups is 1. The van der Waals surface area contributed by atoms with Crippen LogP contribution in [0.15, 0.2) is 40.2 Å². The smallest absolute Gasteiger partial charge is 0.194 e. The number of morpholine rings is 1. The van der Waals surface area contributed by atoms with E-state index in [1.54, 1.807) is 24.3 Å². The number of nitrogens with one attached hydrogen (secondary N) is 1. The first kappa shape index (κ1) is 20.1. The topological polar surface area (TPSA) is 74.2 Å². The predicted molar refractivity (Wildman–Crippen MR) is 107 cm³/mol. The quantitative estimate of drug-likeness (QED) is 0.569. The standard InChI is InChI=1S/C19H30N4O3S/c1-2-20-19(21-9-15-27(24,25)18-6-4-3-5-7-18)23-10-8-17(16-23)22-11-13-26-14-12-22/h3-7,17H,2,8-16H2,1H3,(H,20,21). The van der Waals surface area contributed by atoms with E-state index in [2.05, 4.69) is 20.1 Å². The van der Waals surface area contributed by atoms with Crippen molar-refractivity contribution in [2.45, 2.75) is 24.3 Å². The van der Waals surface area contributed by atoms with Gasteiger partial charge in [0.05, 0.1) is 30.4 Å². The second-order valence-electron chi connectivity index (χ2n) is 6.90. The van der Waals surface area contributed by atoms with Crippen molar-refractivity contribution in [3.05, 3.63) is 30.3 Å². The highest BCUT2D eigenvalue weighted by atomic mass is 32.2. The number of benzene rings is 1. The maximum absolute atomic E-state index is 12.4. The predicted octanol–water partition coefficient (Wildman–Crippen LogP) is 0.832. The Morgan fingerprint density at radius 1 is 1.22 bits per heavy atom. The minimum atomic E-state index is -3.30. The van der Waals surface area contributed by atoms with Gasteiger partial charge in [0.1, 0.15) is 0 Å². The molecule has 2 aliphatic heterocycles. The van der Waals surface area contributed by atoms with Crippen molar-refractivity contribution in [1.29, 1.82) is 0 Å². The van der Waals surface area contributed by atoms with Gasteiger partial charge in [0.25, 0.3) is 0 Å². The lowest BCUT2D eigenvalue weighted by atomic mass is 10.2. The Hall–Kier alpha value is -1.64. The molecule has 2 fully saturated rings. The summed E-state index contributed by atoms with van der Waals surface area (Å²) in [7, 11) is -3.30. The van der Waals surface area contributed by atoms with Gasteiger partial charge in [-0.05, 0) is 25.5 Å². The van der Waals surface area contributed by atoms with Crippen LogP contribution in [0.5, 0.6) is 0 Å². The number of guanidine groups is 1. The first-order chi connectivity index (χ1) is 13.1. The fraction of sp³-hybridized carbons (Fsp3) is 0.632. The largest absolute Gasteiger partial charge is 0.379 e. The van der Waals surface area contributed by atoms with Crippen LogP contribution in [0.4, 0.5) is 0 Å². The molecule has 2 saturated heterocycles. The minimum Gasteiger partial charge on any atom is -0.379 e. The zero-order valence-electron chi connectivity index (χ0n) is 16.0. The molecule has 1 unspecified atom stereocenters. The van der Waals surface area contributed by atoms with Crippen LogP contribution in [-0.2, 0) is 14.6 Å². The molecule has 0 amide bonds. The number of rotatable bonds is 6. The lowest BCUT2D eigenvalue weighted by Crippen LogP contribution is -2.46. The molecule has 2 aliphatic rings. The molecule has 8 heteroatoms. The van der Waals surface area contributed by atoms with Gasteiger partial charge >= 0.3 is 0 Å². The maximum atomic E-state index is 12.4. The van der Waals surface area contributed by atoms with Crippen molar-refractivity contribution in [3.63, 3.8) is 0 Å². The number of ether oxygens (including phenoxy) is 1. The Bertz CT molecular complexity index is 718. The van der Waals surface area contributed by atoms with Crippen molar-refractivity contribution in [2.24, 2.45) is 4.99 Å². The van der Waals surface area contributed by atoms with E-state index < -0.39 is 9.84 Å². The van der Waals surface area contributed by atoms with Crippen molar-refractivity contribution in [1.82, 2.24) is 15.1 Å². The van der Waals surface area contributed by atoms with E-state index in [-0.39, 0.29) is 12.3 Å². The summed E-state index contributed by atoms with van der Waals surface area (Å²) < 4.78 is 30.3. The number of hydrogen-bond donors (Lipinski definition) is 1. The van der Waals surface area contributed by atoms with Gasteiger partial charge in [0.15, 0.2) is 15.8 Å². The Morgan fingerprint density at radius 3 is 2.67 bits per heavy atom. The SMILES string of the molecule is CCNC(=NCCS(=O)(=O)c1ccccc1)N1CCC(N2CCOCC2)C1. The maximum Gasteiger partial charge on any atom is 0.194 e. The third-order valence-corrected chi connectivity index (χ3v) is 6.79. The molecule has 0 bridgehead atoms. The van der Waals surface area contributed by atoms with Crippen LogP contribution < -0.4 is 5.32 Å². The summed E-state index contributed by atoms with van der Waals surface area (Å²) in [6.07, 6.45) is 1.10. The Morgan fingerprint density at radius 2 is 1.96 bits per heavy atom. The van der Waals surface area contributed by atoms with E-state index in [9.17, 15) is 8.42 Å². The van der Waals surface area contributed by atoms with Crippen LogP contribution in [0.1, 0.15) is 13.3 Å². The Kier molecular flexibility index (Phi) is 7.09. The Balaban J connectivity index is 1.58. The highest BCUT2D eigenvalue weighted by Gasteiger charge is 2.30. The first-order valence-electron chi connectivity index (χ1n) is 9.73. The van der Waals surface area contributed by atoms with Gasteiger partial charge in [0.2, 0.25) is 0 Å². The van der Waals surface area contributed by atoms with Gasteiger partial charge in [-0.1, -0.05) is 18.2 Å². The zero-order valence-corrected chi connectivity index (χ0v) is 16.8. The van der Waals surface area contributed by atoms with Crippen molar-refractivity contribution in [3.8, 4) is 0 Å². The average molecular weight is 395 g/mol. The second-order valence-corrected chi connectivity index (χ2v) is 9.01. The van der Waals surface area contributed by atoms with Gasteiger partial charge in [-0.25, -0.2) is 8.42 Å². The van der Waals surface area contributed by atoms with Gasteiger partial charge in [-0.15, -0.1) is 0 Å². The van der Waals surface area contributed by atoms with E-state index in [4.69, 9.17) is 4.74 Å². The minimum absolute atomic E-state index is 0.0205. The van der Waals surface area contributed by atoms with Crippen LogP contribution in [0.25, 0.3) is 0 Å². The molecule has 3 rings (SSSR count). The van der Waals surface area contributed by atoms with E-state index in [0.717, 1.165) is 58.3 Å². The number of sulfone groups is 1. The van der Waals surface area contributed by atoms with E-state index in [1.165, 1.54) is 0 Å². The summed E-state index contributed by atoms with van der Waals surface area (Å²) in [4.78, 5) is 9.70. The van der Waals surface area contributed by atoms with Crippen molar-refractivity contribution < 1.29 is 13.2 Å². The fourth-order valence-electron chi connectivity index (χ4n) is 3.62. The summed E-state index contributed by atoms with van der Waals surface area (Å²) in [5.41, 5.74) is 0. The molecule has 1 aromatic carbocycles. The average Bonchev–Trinajstić information content (AvgIpc) is 3.19. The van der Waals surface area contributed by atoms with Crippen LogP contribution in [0, 0.1) is 0 Å². The summed E-state index contributed by atoms with van der Waals surface area (Å²) >= 11 is 0. The molecule has 0 radical (unpaired) electrons. The second kappa shape index (κ2) is 9.52. The lowest BCUT2D eigenvalue weighted by molar-refractivity contribution is 0.0195. The molecule has 7 nitrogen and oxygen atoms in total. The summed E-state index contributed by atoms with van der Waals surface area (Å²) in [6, 6.07) is 9.10. The van der Waals surface area contributed by atoms with Crippen LogP contribution in [0.3, 0.4) is 0 Å². The molecule has 0 aliphatic carbocycles. The fourth-order valence-corrected chi connectivity index (χ4v) is 4.76. The highest BCUT2D eigenvalue weighted by molar-refractivity contribution is 7.91. The first-order valence-corrected chi connectivity index (χ1v) is 11.4. The third kappa shape index (κ3) is 5.43. The van der Waals surface area contributed by atoms with Gasteiger partial charge in [-0.3, -0.25) is 9.89 Å². The molecule has 0 aromatic heterocycles. The highest BCUT2D eigenvalue weighted by Crippen LogP contribution is 2.17. The van der Waals surface area contributed by atoms with Crippen LogP contribution >= 0.6 is 0 Å². The molecular weight excluding hydrogens is 364 g/mol. The lowest BCUT2D eigenvalue weighted by Gasteiger charge is -2.32.